The Kier molecular flexibility index (Phi) is 33.3. The molecule has 0 saturated carbocycles. The maximum atomic E-state index is 13.9. The molecule has 123 heavy (non-hydrogen) atoms. The SMILES string of the molecule is N=C(OCc1ccccc1)C(Cl)(Cl)Cl.NC1c2ccccc2CC1O.O=C(NC1c2ccccc2CC1O)C(OCc1ccccc1)C(O)C(O)C(OCc1ccccc1)C(=O)NC1c2ccccc2CC1O.O=C1OC([C@@H](O)CO)C(O)C1O.O=C1OC2C(OCc3ccccc3)C(=O)OC2C1OCc1ccccc1.O=C1O[C@@H]2[C@@H](OC(=O)[C@@H]2O)[C@H]1O. The van der Waals surface area contributed by atoms with Gasteiger partial charge in [-0.15, -0.1) is 0 Å². The highest BCUT2D eigenvalue weighted by Crippen LogP contribution is 2.37. The van der Waals surface area contributed by atoms with Crippen molar-refractivity contribution in [1.82, 2.24) is 10.6 Å². The fourth-order valence-corrected chi connectivity index (χ4v) is 14.5. The summed E-state index contributed by atoms with van der Waals surface area (Å²) in [4.78, 5) is 83.9. The number of amides is 2. The highest BCUT2D eigenvalue weighted by molar-refractivity contribution is 6.76. The molecule has 5 aliphatic heterocycles. The number of halogens is 3. The lowest BCUT2D eigenvalue weighted by Gasteiger charge is -2.32. The summed E-state index contributed by atoms with van der Waals surface area (Å²) in [6.45, 7) is -0.109. The van der Waals surface area contributed by atoms with Crippen LogP contribution in [0.4, 0.5) is 0 Å². The second kappa shape index (κ2) is 43.9. The first-order valence-corrected chi connectivity index (χ1v) is 40.1. The number of aliphatic hydroxyl groups is 11. The van der Waals surface area contributed by atoms with E-state index in [1.807, 2.05) is 176 Å². The van der Waals surface area contributed by atoms with Gasteiger partial charge in [-0.3, -0.25) is 15.0 Å². The maximum Gasteiger partial charge on any atom is 0.339 e. The molecule has 17 unspecified atom stereocenters. The number of fused-ring (bicyclic) bond motifs is 5. The zero-order chi connectivity index (χ0) is 88.2. The van der Waals surface area contributed by atoms with Crippen molar-refractivity contribution in [3.63, 3.8) is 0 Å². The fraction of sp³-hybridized carbons (Fsp3) is 0.364. The van der Waals surface area contributed by atoms with Crippen molar-refractivity contribution in [3.05, 3.63) is 286 Å². The highest BCUT2D eigenvalue weighted by Gasteiger charge is 2.60. The van der Waals surface area contributed by atoms with Gasteiger partial charge in [-0.05, 0) is 61.2 Å². The minimum atomic E-state index is -1.94. The third-order valence-electron chi connectivity index (χ3n) is 20.9. The number of hydrogen-bond acceptors (Lipinski definition) is 30. The normalized spacial score (nSPS) is 26.3. The third kappa shape index (κ3) is 24.2. The van der Waals surface area contributed by atoms with Crippen LogP contribution in [0.25, 0.3) is 0 Å². The van der Waals surface area contributed by atoms with Crippen LogP contribution >= 0.6 is 34.8 Å². The fourth-order valence-electron chi connectivity index (χ4n) is 14.3. The Morgan fingerprint density at radius 3 is 1.09 bits per heavy atom. The van der Waals surface area contributed by atoms with Crippen LogP contribution in [0.2, 0.25) is 0 Å². The van der Waals surface area contributed by atoms with Crippen molar-refractivity contribution >= 4 is 82.4 Å². The molecule has 16 rings (SSSR count). The molecule has 35 heteroatoms. The zero-order valence-corrected chi connectivity index (χ0v) is 67.8. The molecule has 32 nitrogen and oxygen atoms in total. The van der Waals surface area contributed by atoms with E-state index >= 15 is 0 Å². The molecule has 8 aliphatic rings. The molecule has 3 aliphatic carbocycles. The Labute approximate surface area is 719 Å². The van der Waals surface area contributed by atoms with Gasteiger partial charge in [0.2, 0.25) is 5.90 Å². The van der Waals surface area contributed by atoms with Gasteiger partial charge >= 0.3 is 29.8 Å². The molecule has 0 aromatic heterocycles. The summed E-state index contributed by atoms with van der Waals surface area (Å²) in [5.74, 6) is -5.70. The van der Waals surface area contributed by atoms with Crippen LogP contribution in [0, 0.1) is 5.41 Å². The molecule has 0 spiro atoms. The second-order valence-electron chi connectivity index (χ2n) is 29.4. The quantitative estimate of drug-likeness (QED) is 0.0144. The predicted molar refractivity (Wildman–Crippen MR) is 435 cm³/mol. The number of cyclic esters (lactones) is 1. The number of nitrogens with one attached hydrogen (secondary N) is 3. The first-order valence-electron chi connectivity index (χ1n) is 39.0. The van der Waals surface area contributed by atoms with E-state index in [1.54, 1.807) is 48.5 Å². The Morgan fingerprint density at radius 2 is 0.740 bits per heavy atom. The molecule has 8 aromatic rings. The average molecular weight is 1760 g/mol. The second-order valence-corrected chi connectivity index (χ2v) is 31.7. The number of alkyl halides is 3. The number of rotatable bonds is 23. The van der Waals surface area contributed by atoms with Gasteiger partial charge in [0.25, 0.3) is 15.6 Å². The Hall–Kier alpha value is -10.2. The van der Waals surface area contributed by atoms with Gasteiger partial charge in [-0.2, -0.15) is 0 Å². The van der Waals surface area contributed by atoms with E-state index in [0.29, 0.717) is 30.4 Å². The molecule has 16 N–H and O–H groups in total. The summed E-state index contributed by atoms with van der Waals surface area (Å²) in [6.07, 6.45) is -22.1. The van der Waals surface area contributed by atoms with Gasteiger partial charge in [-0.1, -0.05) is 259 Å². The lowest BCUT2D eigenvalue weighted by atomic mass is 9.99. The van der Waals surface area contributed by atoms with Crippen molar-refractivity contribution in [1.29, 1.82) is 5.41 Å². The lowest BCUT2D eigenvalue weighted by Crippen LogP contribution is -2.57. The van der Waals surface area contributed by atoms with Crippen molar-refractivity contribution in [2.75, 3.05) is 6.61 Å². The van der Waals surface area contributed by atoms with E-state index in [0.717, 1.165) is 44.5 Å². The van der Waals surface area contributed by atoms with Crippen molar-refractivity contribution < 1.29 is 137 Å². The van der Waals surface area contributed by atoms with E-state index < -0.39 is 174 Å². The summed E-state index contributed by atoms with van der Waals surface area (Å²) in [7, 11) is 0. The first-order chi connectivity index (χ1) is 59.0. The summed E-state index contributed by atoms with van der Waals surface area (Å²) in [5.41, 5.74) is 15.5. The van der Waals surface area contributed by atoms with Crippen molar-refractivity contribution in [2.45, 2.75) is 190 Å². The number of esters is 5. The number of carbonyl (C=O) groups is 7. The Bertz CT molecular complexity index is 4620. The molecule has 5 heterocycles. The average Bonchev–Trinajstić information content (AvgIpc) is 1.63. The van der Waals surface area contributed by atoms with E-state index in [2.05, 4.69) is 24.8 Å². The van der Waals surface area contributed by atoms with E-state index in [4.69, 9.17) is 110 Å². The highest BCUT2D eigenvalue weighted by atomic mass is 35.6. The Balaban J connectivity index is 0.000000163. The van der Waals surface area contributed by atoms with E-state index in [1.165, 1.54) is 5.56 Å². The number of ether oxygens (including phenoxy) is 10. The largest absolute Gasteiger partial charge is 0.473 e. The van der Waals surface area contributed by atoms with Gasteiger partial charge in [0.15, 0.2) is 73.2 Å². The zero-order valence-electron chi connectivity index (χ0n) is 65.5. The van der Waals surface area contributed by atoms with Crippen LogP contribution in [-0.2, 0) is 133 Å². The lowest BCUT2D eigenvalue weighted by molar-refractivity contribution is -0.171. The van der Waals surface area contributed by atoms with Crippen LogP contribution in [-0.4, -0.2) is 230 Å². The molecule has 22 atom stereocenters. The smallest absolute Gasteiger partial charge is 0.339 e. The summed E-state index contributed by atoms with van der Waals surface area (Å²) in [6, 6.07) is 67.3. The minimum Gasteiger partial charge on any atom is -0.473 e. The maximum absolute atomic E-state index is 13.9. The van der Waals surface area contributed by atoms with Crippen LogP contribution in [0.15, 0.2) is 224 Å². The number of hydrogen-bond donors (Lipinski definition) is 15. The molecule has 5 fully saturated rings. The summed E-state index contributed by atoms with van der Waals surface area (Å²) in [5, 5.41) is 121. The molecule has 2 amide bonds. The topological polar surface area (TPSA) is 508 Å². The predicted octanol–water partition coefficient (Wildman–Crippen LogP) is 3.14. The standard InChI is InChI=1S/C38H40N2O8.C20H18O6.C9H8Cl3NO.C9H11NO.C6H6O6.C6H10O6/c41-29-19-25-15-7-9-17-27(25)31(29)39-37(45)35(47-21-23-11-3-1-4-12-23)33(43)34(44)36(48-22-24-13-5-2-6-14-24)38(46)40-32-28-18-10-8-16-26(28)20-30(32)42;21-19-17(23-11-13-7-3-1-4-8-13)15-16(26-19)18(20(22)25-15)24-12-14-9-5-2-6-10-14;10-9(11,12)8(13)14-6-7-4-2-1-3-5-7;10-9-7-4-2-1-3-6(7)5-8(9)11;7-1-3-4(12-5(1)9)2(8)6(10)11-3;7-1-2(8)5-3(9)4(10)6(11)12-5/h1-18,29-36,41-44H,19-22H2,(H,39,45)(H,40,46);1-10,15-18H,11-12H2;1-5,13H,6H2;1-4,8-9,11H,5,10H2;1-4,7-8H;2-5,7-10H,1H2/t;;;;1-,2-,3+,4+;2-,3?,4?,5?/m....10/s1. The van der Waals surface area contributed by atoms with Gasteiger partial charge < -0.3 is 120 Å². The minimum absolute atomic E-state index is 0.0840. The number of carbonyl (C=O) groups excluding carboxylic acids is 7. The summed E-state index contributed by atoms with van der Waals surface area (Å²) >= 11 is 16.3. The van der Waals surface area contributed by atoms with Crippen molar-refractivity contribution in [3.8, 4) is 0 Å². The third-order valence-corrected chi connectivity index (χ3v) is 21.4. The molecule has 654 valence electrons. The van der Waals surface area contributed by atoms with Gasteiger partial charge in [0.05, 0.1) is 69.5 Å². The van der Waals surface area contributed by atoms with Gasteiger partial charge in [0.1, 0.15) is 31.0 Å². The monoisotopic (exact) mass is 1760 g/mol. The first kappa shape index (κ1) is 93.4. The molecular formula is C88H93Cl3N4O28. The van der Waals surface area contributed by atoms with Crippen LogP contribution in [0.1, 0.15) is 79.3 Å². The number of benzene rings is 8. The van der Waals surface area contributed by atoms with Crippen LogP contribution in [0.3, 0.4) is 0 Å². The summed E-state index contributed by atoms with van der Waals surface area (Å²) < 4.78 is 50.5. The van der Waals surface area contributed by atoms with Gasteiger partial charge in [-0.25, -0.2) is 24.0 Å². The van der Waals surface area contributed by atoms with Crippen LogP contribution < -0.4 is 16.4 Å². The number of nitrogens with two attached hydrogens (primary N) is 1. The molecule has 0 radical (unpaired) electrons. The molecule has 0 bridgehead atoms. The molecule has 5 saturated heterocycles. The van der Waals surface area contributed by atoms with Crippen molar-refractivity contribution in [2.24, 2.45) is 5.73 Å². The van der Waals surface area contributed by atoms with Crippen LogP contribution in [0.5, 0.6) is 0 Å². The van der Waals surface area contributed by atoms with Gasteiger partial charge in [0, 0.05) is 19.3 Å². The molecule has 8 aromatic carbocycles. The number of aliphatic hydroxyl groups excluding tert-OH is 11. The van der Waals surface area contributed by atoms with E-state index in [-0.39, 0.29) is 51.1 Å². The van der Waals surface area contributed by atoms with E-state index in [9.17, 15) is 59.1 Å². The molecular weight excluding hydrogens is 1670 g/mol. The Morgan fingerprint density at radius 1 is 0.423 bits per heavy atom.